The minimum absolute atomic E-state index is 0.0855. The second kappa shape index (κ2) is 5.93. The number of nitrogens with two attached hydrogens (primary N) is 1. The van der Waals surface area contributed by atoms with Gasteiger partial charge in [0.25, 0.3) is 0 Å². The van der Waals surface area contributed by atoms with Crippen molar-refractivity contribution in [3.05, 3.63) is 0 Å². The highest BCUT2D eigenvalue weighted by Gasteiger charge is 2.28. The molecule has 7 nitrogen and oxygen atoms in total. The summed E-state index contributed by atoms with van der Waals surface area (Å²) in [5, 5.41) is 13.0. The molecule has 2 heterocycles. The highest BCUT2D eigenvalue weighted by Crippen LogP contribution is 2.31. The van der Waals surface area contributed by atoms with Gasteiger partial charge in [0.05, 0.1) is 19.0 Å². The summed E-state index contributed by atoms with van der Waals surface area (Å²) in [7, 11) is -3.46. The van der Waals surface area contributed by atoms with Crippen molar-refractivity contribution in [2.75, 3.05) is 41.5 Å². The minimum atomic E-state index is -3.46. The zero-order valence-electron chi connectivity index (χ0n) is 11.2. The van der Waals surface area contributed by atoms with Gasteiger partial charge in [-0.1, -0.05) is 0 Å². The van der Waals surface area contributed by atoms with E-state index in [1.165, 1.54) is 4.68 Å². The molecule has 0 atom stereocenters. The molecule has 2 N–H and O–H groups in total. The van der Waals surface area contributed by atoms with Gasteiger partial charge in [-0.2, -0.15) is 22.1 Å². The number of anilines is 2. The lowest BCUT2D eigenvalue weighted by molar-refractivity contribution is 0.601. The molecule has 0 unspecified atom stereocenters. The third kappa shape index (κ3) is 3.02. The average molecular weight is 315 g/mol. The van der Waals surface area contributed by atoms with Crippen LogP contribution in [0.2, 0.25) is 0 Å². The maximum atomic E-state index is 12.0. The van der Waals surface area contributed by atoms with Crippen molar-refractivity contribution >= 4 is 33.2 Å². The Bertz CT molecular complexity index is 626. The van der Waals surface area contributed by atoms with E-state index >= 15 is 0 Å². The topological polar surface area (TPSA) is 105 Å². The molecule has 1 aliphatic heterocycles. The van der Waals surface area contributed by atoms with Crippen molar-refractivity contribution in [2.24, 2.45) is 0 Å². The lowest BCUT2D eigenvalue weighted by Crippen LogP contribution is -2.33. The molecule has 9 heteroatoms. The summed E-state index contributed by atoms with van der Waals surface area (Å²) in [5.74, 6) is 2.42. The number of rotatable bonds is 4. The first-order valence-corrected chi connectivity index (χ1v) is 9.25. The Morgan fingerprint density at radius 3 is 2.65 bits per heavy atom. The average Bonchev–Trinajstić information content (AvgIpc) is 2.74. The second-order valence-corrected chi connectivity index (χ2v) is 7.72. The normalized spacial score (nSPS) is 16.1. The van der Waals surface area contributed by atoms with Gasteiger partial charge in [-0.15, -0.1) is 0 Å². The number of nitriles is 1. The fourth-order valence-electron chi connectivity index (χ4n) is 2.11. The number of nitrogen functional groups attached to an aromatic ring is 1. The van der Waals surface area contributed by atoms with Crippen molar-refractivity contribution in [2.45, 2.75) is 17.9 Å². The van der Waals surface area contributed by atoms with Gasteiger partial charge in [-0.25, -0.2) is 13.1 Å². The summed E-state index contributed by atoms with van der Waals surface area (Å²) in [5.41, 5.74) is 5.92. The molecule has 0 spiro atoms. The quantitative estimate of drug-likeness (QED) is 0.854. The smallest absolute Gasteiger partial charge is 0.182 e. The Morgan fingerprint density at radius 1 is 1.45 bits per heavy atom. The first-order valence-electron chi connectivity index (χ1n) is 6.21. The molecular weight excluding hydrogens is 298 g/mol. The summed E-state index contributed by atoms with van der Waals surface area (Å²) in [6.45, 7) is 1.80. The van der Waals surface area contributed by atoms with E-state index in [0.717, 1.165) is 30.9 Å². The second-order valence-electron chi connectivity index (χ2n) is 4.54. The number of thioether (sulfide) groups is 1. The van der Waals surface area contributed by atoms with Gasteiger partial charge in [0.2, 0.25) is 0 Å². The number of nitrogens with zero attached hydrogens (tertiary/aromatic N) is 4. The first-order chi connectivity index (χ1) is 9.45. The molecule has 20 heavy (non-hydrogen) atoms. The van der Waals surface area contributed by atoms with Crippen LogP contribution in [-0.2, 0) is 16.4 Å². The number of hydrogen-bond donors (Lipinski definition) is 1. The number of sulfone groups is 1. The molecule has 110 valence electrons. The van der Waals surface area contributed by atoms with Crippen molar-refractivity contribution in [1.29, 1.82) is 5.26 Å². The Morgan fingerprint density at radius 2 is 2.10 bits per heavy atom. The summed E-state index contributed by atoms with van der Waals surface area (Å²) in [4.78, 5) is 2.04. The van der Waals surface area contributed by atoms with Crippen molar-refractivity contribution < 1.29 is 8.42 Å². The van der Waals surface area contributed by atoms with E-state index in [1.807, 2.05) is 22.7 Å². The molecule has 0 aromatic carbocycles. The van der Waals surface area contributed by atoms with Crippen molar-refractivity contribution in [1.82, 2.24) is 9.78 Å². The predicted molar refractivity (Wildman–Crippen MR) is 79.5 cm³/mol. The molecule has 1 saturated heterocycles. The SMILES string of the molecule is CS(=O)(=O)c1c(N2CCSCC2)nn(CCC#N)c1N. The monoisotopic (exact) mass is 315 g/mol. The van der Waals surface area contributed by atoms with Crippen LogP contribution in [0, 0.1) is 11.3 Å². The molecule has 0 amide bonds. The van der Waals surface area contributed by atoms with Crippen LogP contribution in [0.15, 0.2) is 4.90 Å². The molecule has 0 aliphatic carbocycles. The zero-order chi connectivity index (χ0) is 14.8. The van der Waals surface area contributed by atoms with Gasteiger partial charge in [-0.05, 0) is 0 Å². The molecule has 0 bridgehead atoms. The Balaban J connectivity index is 2.45. The molecule has 1 aliphatic rings. The first kappa shape index (κ1) is 15.0. The largest absolute Gasteiger partial charge is 0.383 e. The molecule has 0 saturated carbocycles. The van der Waals surface area contributed by atoms with Gasteiger partial charge in [0, 0.05) is 30.9 Å². The standard InChI is InChI=1S/C11H17N5O2S2/c1-20(17,18)9-10(13)16(4-2-3-12)14-11(9)15-5-7-19-8-6-15/h2,4-8,13H2,1H3. The fraction of sp³-hybridized carbons (Fsp3) is 0.636. The fourth-order valence-corrected chi connectivity index (χ4v) is 4.00. The van der Waals surface area contributed by atoms with Crippen LogP contribution in [0.25, 0.3) is 0 Å². The van der Waals surface area contributed by atoms with E-state index in [-0.39, 0.29) is 17.1 Å². The number of hydrogen-bond acceptors (Lipinski definition) is 7. The van der Waals surface area contributed by atoms with Gasteiger partial charge in [0.1, 0.15) is 5.82 Å². The van der Waals surface area contributed by atoms with Gasteiger partial charge < -0.3 is 10.6 Å². The van der Waals surface area contributed by atoms with Crippen LogP contribution in [0.1, 0.15) is 6.42 Å². The Labute approximate surface area is 122 Å². The molecule has 2 rings (SSSR count). The molecule has 0 radical (unpaired) electrons. The third-order valence-corrected chi connectivity index (χ3v) is 5.12. The molecule has 1 aromatic heterocycles. The van der Waals surface area contributed by atoms with E-state index in [1.54, 1.807) is 0 Å². The maximum Gasteiger partial charge on any atom is 0.182 e. The van der Waals surface area contributed by atoms with Crippen LogP contribution in [-0.4, -0.2) is 49.0 Å². The highest BCUT2D eigenvalue weighted by molar-refractivity contribution is 7.99. The van der Waals surface area contributed by atoms with Crippen LogP contribution in [0.5, 0.6) is 0 Å². The molecular formula is C11H17N5O2S2. The van der Waals surface area contributed by atoms with Crippen LogP contribution in [0.4, 0.5) is 11.6 Å². The summed E-state index contributed by atoms with van der Waals surface area (Å²) in [6, 6.07) is 2.01. The maximum absolute atomic E-state index is 12.0. The van der Waals surface area contributed by atoms with E-state index in [9.17, 15) is 8.42 Å². The van der Waals surface area contributed by atoms with E-state index < -0.39 is 9.84 Å². The Kier molecular flexibility index (Phi) is 4.45. The predicted octanol–water partition coefficient (Wildman–Crippen LogP) is 0.336. The van der Waals surface area contributed by atoms with E-state index in [0.29, 0.717) is 12.4 Å². The lowest BCUT2D eigenvalue weighted by atomic mass is 10.4. The van der Waals surface area contributed by atoms with Crippen LogP contribution < -0.4 is 10.6 Å². The van der Waals surface area contributed by atoms with Crippen LogP contribution in [0.3, 0.4) is 0 Å². The van der Waals surface area contributed by atoms with E-state index in [2.05, 4.69) is 5.10 Å². The molecule has 1 aromatic rings. The van der Waals surface area contributed by atoms with Gasteiger partial charge in [-0.3, -0.25) is 0 Å². The lowest BCUT2D eigenvalue weighted by Gasteiger charge is -2.26. The number of aromatic nitrogens is 2. The minimum Gasteiger partial charge on any atom is -0.383 e. The Hall–Kier alpha value is -1.40. The molecule has 1 fully saturated rings. The van der Waals surface area contributed by atoms with Crippen molar-refractivity contribution in [3.8, 4) is 6.07 Å². The van der Waals surface area contributed by atoms with E-state index in [4.69, 9.17) is 11.0 Å². The van der Waals surface area contributed by atoms with Gasteiger partial charge in [0.15, 0.2) is 20.6 Å². The zero-order valence-corrected chi connectivity index (χ0v) is 12.9. The summed E-state index contributed by atoms with van der Waals surface area (Å²) in [6.07, 6.45) is 1.38. The third-order valence-electron chi connectivity index (χ3n) is 3.05. The highest BCUT2D eigenvalue weighted by atomic mass is 32.2. The van der Waals surface area contributed by atoms with Crippen LogP contribution >= 0.6 is 11.8 Å². The number of aryl methyl sites for hydroxylation is 1. The van der Waals surface area contributed by atoms with Crippen molar-refractivity contribution in [3.63, 3.8) is 0 Å². The van der Waals surface area contributed by atoms with Gasteiger partial charge >= 0.3 is 0 Å². The summed E-state index contributed by atoms with van der Waals surface area (Å²) < 4.78 is 25.4. The summed E-state index contributed by atoms with van der Waals surface area (Å²) >= 11 is 1.83.